The minimum absolute atomic E-state index is 0.821. The summed E-state index contributed by atoms with van der Waals surface area (Å²) in [5, 5.41) is 2.49. The quantitative estimate of drug-likeness (QED) is 0.677. The lowest BCUT2D eigenvalue weighted by Crippen LogP contribution is -2.33. The molecule has 0 radical (unpaired) electrons. The average Bonchev–Trinajstić information content (AvgIpc) is 2.48. The van der Waals surface area contributed by atoms with E-state index in [2.05, 4.69) is 47.3 Å². The fourth-order valence-electron chi connectivity index (χ4n) is 2.27. The normalized spacial score (nSPS) is 12.4. The van der Waals surface area contributed by atoms with Crippen molar-refractivity contribution in [3.8, 4) is 0 Å². The van der Waals surface area contributed by atoms with Crippen molar-refractivity contribution in [2.75, 3.05) is 6.26 Å². The highest BCUT2D eigenvalue weighted by atomic mass is 32.2. The van der Waals surface area contributed by atoms with Gasteiger partial charge in [-0.25, -0.2) is 4.57 Å². The van der Waals surface area contributed by atoms with Crippen LogP contribution in [0, 0.1) is 0 Å². The van der Waals surface area contributed by atoms with E-state index in [0.29, 0.717) is 0 Å². The standard InChI is InChI=1S/C17H16NOS/c1-20(19)17-8-6-14(7-9-17)12-18-11-10-15-4-2-3-5-16(15)13-18/h2-11,13H,12H2,1H3/q+1. The van der Waals surface area contributed by atoms with Gasteiger partial charge in [0.2, 0.25) is 0 Å². The van der Waals surface area contributed by atoms with E-state index >= 15 is 0 Å². The summed E-state index contributed by atoms with van der Waals surface area (Å²) >= 11 is 0. The van der Waals surface area contributed by atoms with Gasteiger partial charge in [0.25, 0.3) is 0 Å². The maximum absolute atomic E-state index is 11.4. The van der Waals surface area contributed by atoms with Crippen LogP contribution < -0.4 is 4.57 Å². The molecule has 3 aromatic rings. The van der Waals surface area contributed by atoms with Crippen molar-refractivity contribution in [2.24, 2.45) is 0 Å². The van der Waals surface area contributed by atoms with E-state index in [4.69, 9.17) is 0 Å². The van der Waals surface area contributed by atoms with Crippen molar-refractivity contribution in [3.05, 3.63) is 72.6 Å². The minimum atomic E-state index is -0.909. The summed E-state index contributed by atoms with van der Waals surface area (Å²) in [7, 11) is -0.909. The van der Waals surface area contributed by atoms with E-state index in [1.54, 1.807) is 6.26 Å². The number of benzene rings is 2. The summed E-state index contributed by atoms with van der Waals surface area (Å²) in [5.74, 6) is 0. The van der Waals surface area contributed by atoms with Crippen molar-refractivity contribution >= 4 is 21.6 Å². The fourth-order valence-corrected chi connectivity index (χ4v) is 2.79. The number of aromatic nitrogens is 1. The van der Waals surface area contributed by atoms with Gasteiger partial charge in [-0.3, -0.25) is 4.21 Å². The molecule has 0 aliphatic carbocycles. The number of pyridine rings is 1. The van der Waals surface area contributed by atoms with Crippen LogP contribution in [0.15, 0.2) is 71.9 Å². The summed E-state index contributed by atoms with van der Waals surface area (Å²) in [6, 6.07) is 18.4. The Morgan fingerprint density at radius 3 is 2.35 bits per heavy atom. The van der Waals surface area contributed by atoms with Crippen LogP contribution in [0.1, 0.15) is 5.56 Å². The summed E-state index contributed by atoms with van der Waals surface area (Å²) < 4.78 is 13.5. The molecule has 0 saturated carbocycles. The highest BCUT2D eigenvalue weighted by Gasteiger charge is 2.05. The summed E-state index contributed by atoms with van der Waals surface area (Å²) in [5.41, 5.74) is 1.21. The Balaban J connectivity index is 1.87. The molecule has 3 rings (SSSR count). The molecule has 0 fully saturated rings. The second kappa shape index (κ2) is 5.55. The fraction of sp³-hybridized carbons (Fsp3) is 0.118. The molecule has 1 atom stereocenters. The Morgan fingerprint density at radius 1 is 0.950 bits per heavy atom. The Morgan fingerprint density at radius 2 is 1.65 bits per heavy atom. The zero-order chi connectivity index (χ0) is 13.9. The predicted molar refractivity (Wildman–Crippen MR) is 82.0 cm³/mol. The first-order chi connectivity index (χ1) is 9.72. The zero-order valence-electron chi connectivity index (χ0n) is 11.3. The molecular formula is C17H16NOS+. The van der Waals surface area contributed by atoms with E-state index in [-0.39, 0.29) is 0 Å². The molecule has 2 nitrogen and oxygen atoms in total. The maximum atomic E-state index is 11.4. The van der Waals surface area contributed by atoms with Crippen LogP contribution in [-0.2, 0) is 17.3 Å². The molecule has 0 aliphatic heterocycles. The molecule has 1 aromatic heterocycles. The van der Waals surface area contributed by atoms with Gasteiger partial charge in [-0.05, 0) is 23.6 Å². The lowest BCUT2D eigenvalue weighted by atomic mass is 10.1. The predicted octanol–water partition coefficient (Wildman–Crippen LogP) is 2.91. The number of hydrogen-bond donors (Lipinski definition) is 0. The third-order valence-electron chi connectivity index (χ3n) is 3.37. The molecule has 1 unspecified atom stereocenters. The monoisotopic (exact) mass is 282 g/mol. The van der Waals surface area contributed by atoms with Gasteiger partial charge in [-0.15, -0.1) is 0 Å². The van der Waals surface area contributed by atoms with Crippen LogP contribution in [0.5, 0.6) is 0 Å². The smallest absolute Gasteiger partial charge is 0.176 e. The van der Waals surface area contributed by atoms with E-state index < -0.39 is 10.8 Å². The molecule has 1 heterocycles. The SMILES string of the molecule is CS(=O)c1ccc(C[n+]2ccc3ccccc3c2)cc1. The molecule has 3 heteroatoms. The van der Waals surface area contributed by atoms with E-state index in [1.807, 2.05) is 24.3 Å². The third kappa shape index (κ3) is 2.78. The van der Waals surface area contributed by atoms with Gasteiger partial charge < -0.3 is 0 Å². The lowest BCUT2D eigenvalue weighted by Gasteiger charge is -2.01. The second-order valence-corrected chi connectivity index (χ2v) is 6.22. The molecule has 0 spiro atoms. The van der Waals surface area contributed by atoms with Crippen molar-refractivity contribution in [1.29, 1.82) is 0 Å². The molecule has 2 aromatic carbocycles. The van der Waals surface area contributed by atoms with Crippen molar-refractivity contribution in [3.63, 3.8) is 0 Å². The zero-order valence-corrected chi connectivity index (χ0v) is 12.1. The number of hydrogen-bond acceptors (Lipinski definition) is 1. The van der Waals surface area contributed by atoms with Crippen LogP contribution in [0.4, 0.5) is 0 Å². The number of fused-ring (bicyclic) bond motifs is 1. The van der Waals surface area contributed by atoms with Crippen LogP contribution in [0.2, 0.25) is 0 Å². The van der Waals surface area contributed by atoms with Crippen LogP contribution >= 0.6 is 0 Å². The second-order valence-electron chi connectivity index (χ2n) is 4.84. The highest BCUT2D eigenvalue weighted by molar-refractivity contribution is 7.84. The summed E-state index contributed by atoms with van der Waals surface area (Å²) in [6.07, 6.45) is 5.95. The van der Waals surface area contributed by atoms with Crippen LogP contribution in [0.25, 0.3) is 10.8 Å². The molecule has 0 amide bonds. The highest BCUT2D eigenvalue weighted by Crippen LogP contribution is 2.11. The van der Waals surface area contributed by atoms with E-state index in [1.165, 1.54) is 16.3 Å². The summed E-state index contributed by atoms with van der Waals surface area (Å²) in [6.45, 7) is 0.821. The third-order valence-corrected chi connectivity index (χ3v) is 4.30. The topological polar surface area (TPSA) is 20.9 Å². The van der Waals surface area contributed by atoms with E-state index in [0.717, 1.165) is 11.4 Å². The lowest BCUT2D eigenvalue weighted by molar-refractivity contribution is -0.687. The number of rotatable bonds is 3. The van der Waals surface area contributed by atoms with E-state index in [9.17, 15) is 4.21 Å². The first-order valence-electron chi connectivity index (χ1n) is 6.52. The van der Waals surface area contributed by atoms with Gasteiger partial charge in [0.1, 0.15) is 0 Å². The molecule has 0 N–H and O–H groups in total. The van der Waals surface area contributed by atoms with Crippen molar-refractivity contribution in [2.45, 2.75) is 11.4 Å². The molecule has 0 aliphatic rings. The van der Waals surface area contributed by atoms with Gasteiger partial charge >= 0.3 is 0 Å². The largest absolute Gasteiger partial charge is 0.255 e. The Kier molecular flexibility index (Phi) is 3.61. The van der Waals surface area contributed by atoms with Gasteiger partial charge in [0.05, 0.1) is 0 Å². The average molecular weight is 282 g/mol. The van der Waals surface area contributed by atoms with Gasteiger partial charge in [-0.1, -0.05) is 30.3 Å². The number of nitrogens with zero attached hydrogens (tertiary/aromatic N) is 1. The van der Waals surface area contributed by atoms with Gasteiger partial charge in [0.15, 0.2) is 18.9 Å². The van der Waals surface area contributed by atoms with Crippen LogP contribution in [-0.4, -0.2) is 10.5 Å². The molecule has 100 valence electrons. The molecular weight excluding hydrogens is 266 g/mol. The van der Waals surface area contributed by atoms with Crippen molar-refractivity contribution < 1.29 is 8.78 Å². The van der Waals surface area contributed by atoms with Gasteiger partial charge in [0, 0.05) is 39.0 Å². The molecule has 20 heavy (non-hydrogen) atoms. The van der Waals surface area contributed by atoms with Crippen LogP contribution in [0.3, 0.4) is 0 Å². The molecule has 0 saturated heterocycles. The van der Waals surface area contributed by atoms with Gasteiger partial charge in [-0.2, -0.15) is 0 Å². The Bertz CT molecular complexity index is 765. The maximum Gasteiger partial charge on any atom is 0.176 e. The Hall–Kier alpha value is -2.00. The first kappa shape index (κ1) is 13.0. The first-order valence-corrected chi connectivity index (χ1v) is 8.08. The molecule has 0 bridgehead atoms. The minimum Gasteiger partial charge on any atom is -0.255 e. The van der Waals surface area contributed by atoms with Crippen molar-refractivity contribution in [1.82, 2.24) is 0 Å². The summed E-state index contributed by atoms with van der Waals surface area (Å²) in [4.78, 5) is 0.872. The Labute approximate surface area is 121 Å².